The molecule has 0 fully saturated rings. The minimum atomic E-state index is -3.49. The summed E-state index contributed by atoms with van der Waals surface area (Å²) in [6.45, 7) is 2.64. The maximum atomic E-state index is 12.5. The molecule has 0 spiro atoms. The van der Waals surface area contributed by atoms with Gasteiger partial charge in [0.25, 0.3) is 0 Å². The zero-order valence-corrected chi connectivity index (χ0v) is 12.8. The average Bonchev–Trinajstić information content (AvgIpc) is 2.88. The highest BCUT2D eigenvalue weighted by molar-refractivity contribution is 7.89. The van der Waals surface area contributed by atoms with E-state index in [1.165, 1.54) is 10.4 Å². The molecular weight excluding hydrogens is 302 g/mol. The molecule has 2 aromatic rings. The van der Waals surface area contributed by atoms with Crippen LogP contribution in [0.2, 0.25) is 5.02 Å². The van der Waals surface area contributed by atoms with E-state index in [0.29, 0.717) is 18.1 Å². The van der Waals surface area contributed by atoms with Crippen molar-refractivity contribution in [3.8, 4) is 0 Å². The molecule has 0 amide bonds. The quantitative estimate of drug-likeness (QED) is 0.845. The summed E-state index contributed by atoms with van der Waals surface area (Å²) >= 11 is 7.41. The Balaban J connectivity index is 2.31. The minimum Gasteiger partial charge on any atom is -0.207 e. The largest absolute Gasteiger partial charge is 0.243 e. The van der Waals surface area contributed by atoms with Gasteiger partial charge in [-0.2, -0.15) is 4.31 Å². The number of hydrogen-bond acceptors (Lipinski definition) is 3. The van der Waals surface area contributed by atoms with Crippen molar-refractivity contribution in [3.63, 3.8) is 0 Å². The molecule has 0 saturated heterocycles. The van der Waals surface area contributed by atoms with Crippen LogP contribution in [-0.4, -0.2) is 19.3 Å². The van der Waals surface area contributed by atoms with Gasteiger partial charge in [0.05, 0.1) is 4.90 Å². The van der Waals surface area contributed by atoms with Gasteiger partial charge in [-0.15, -0.1) is 11.3 Å². The standard InChI is InChI=1S/C13H14ClNO2S2/c1-2-15(10-12-6-4-8-18-12)19(16,17)13-7-3-5-11(14)9-13/h3-9H,2,10H2,1H3. The first-order valence-corrected chi connectivity index (χ1v) is 8.52. The first kappa shape index (κ1) is 14.5. The van der Waals surface area contributed by atoms with Crippen LogP contribution in [0.15, 0.2) is 46.7 Å². The van der Waals surface area contributed by atoms with Crippen molar-refractivity contribution in [1.82, 2.24) is 4.31 Å². The molecular formula is C13H14ClNO2S2. The number of benzene rings is 1. The number of halogens is 1. The van der Waals surface area contributed by atoms with E-state index >= 15 is 0 Å². The number of sulfonamides is 1. The third-order valence-electron chi connectivity index (χ3n) is 2.70. The molecule has 0 aliphatic heterocycles. The predicted molar refractivity (Wildman–Crippen MR) is 79.0 cm³/mol. The van der Waals surface area contributed by atoms with Gasteiger partial charge in [-0.05, 0) is 29.6 Å². The summed E-state index contributed by atoms with van der Waals surface area (Å²) in [6.07, 6.45) is 0. The second-order valence-electron chi connectivity index (χ2n) is 3.97. The molecule has 1 aromatic carbocycles. The van der Waals surface area contributed by atoms with Crippen molar-refractivity contribution in [2.24, 2.45) is 0 Å². The van der Waals surface area contributed by atoms with Crippen molar-refractivity contribution in [2.75, 3.05) is 6.54 Å². The summed E-state index contributed by atoms with van der Waals surface area (Å²) < 4.78 is 26.5. The zero-order chi connectivity index (χ0) is 13.9. The van der Waals surface area contributed by atoms with Crippen molar-refractivity contribution in [3.05, 3.63) is 51.7 Å². The first-order chi connectivity index (χ1) is 9.04. The lowest BCUT2D eigenvalue weighted by Gasteiger charge is -2.19. The Morgan fingerprint density at radius 3 is 2.63 bits per heavy atom. The Bertz CT molecular complexity index is 638. The van der Waals surface area contributed by atoms with Crippen molar-refractivity contribution in [1.29, 1.82) is 0 Å². The fourth-order valence-corrected chi connectivity index (χ4v) is 4.25. The number of rotatable bonds is 5. The Morgan fingerprint density at radius 2 is 2.05 bits per heavy atom. The number of nitrogens with zero attached hydrogens (tertiary/aromatic N) is 1. The SMILES string of the molecule is CCN(Cc1cccs1)S(=O)(=O)c1cccc(Cl)c1. The predicted octanol–water partition coefficient (Wildman–Crippen LogP) is 3.61. The van der Waals surface area contributed by atoms with E-state index in [4.69, 9.17) is 11.6 Å². The molecule has 6 heteroatoms. The molecule has 0 atom stereocenters. The molecule has 3 nitrogen and oxygen atoms in total. The molecule has 19 heavy (non-hydrogen) atoms. The second-order valence-corrected chi connectivity index (χ2v) is 7.37. The van der Waals surface area contributed by atoms with Crippen LogP contribution in [0.25, 0.3) is 0 Å². The Kier molecular flexibility index (Phi) is 4.62. The highest BCUT2D eigenvalue weighted by atomic mass is 35.5. The fraction of sp³-hybridized carbons (Fsp3) is 0.231. The van der Waals surface area contributed by atoms with E-state index in [1.54, 1.807) is 29.5 Å². The maximum Gasteiger partial charge on any atom is 0.243 e. The van der Waals surface area contributed by atoms with Crippen LogP contribution in [-0.2, 0) is 16.6 Å². The topological polar surface area (TPSA) is 37.4 Å². The number of thiophene rings is 1. The van der Waals surface area contributed by atoms with Gasteiger partial charge in [-0.25, -0.2) is 8.42 Å². The van der Waals surface area contributed by atoms with E-state index in [2.05, 4.69) is 0 Å². The van der Waals surface area contributed by atoms with E-state index in [9.17, 15) is 8.42 Å². The van der Waals surface area contributed by atoms with Crippen LogP contribution in [0.5, 0.6) is 0 Å². The summed E-state index contributed by atoms with van der Waals surface area (Å²) in [7, 11) is -3.49. The van der Waals surface area contributed by atoms with Crippen molar-refractivity contribution < 1.29 is 8.42 Å². The third kappa shape index (κ3) is 3.36. The van der Waals surface area contributed by atoms with Gasteiger partial charge in [0, 0.05) is 23.0 Å². The van der Waals surface area contributed by atoms with Crippen molar-refractivity contribution >= 4 is 33.0 Å². The highest BCUT2D eigenvalue weighted by Crippen LogP contribution is 2.22. The number of hydrogen-bond donors (Lipinski definition) is 0. The molecule has 0 aliphatic carbocycles. The first-order valence-electron chi connectivity index (χ1n) is 5.82. The minimum absolute atomic E-state index is 0.235. The van der Waals surface area contributed by atoms with E-state index < -0.39 is 10.0 Å². The average molecular weight is 316 g/mol. The summed E-state index contributed by atoms with van der Waals surface area (Å²) in [6, 6.07) is 10.2. The molecule has 102 valence electrons. The van der Waals surface area contributed by atoms with Crippen LogP contribution in [0.1, 0.15) is 11.8 Å². The Labute approximate surface area is 122 Å². The lowest BCUT2D eigenvalue weighted by molar-refractivity contribution is 0.426. The second kappa shape index (κ2) is 6.05. The molecule has 1 heterocycles. The van der Waals surface area contributed by atoms with Crippen LogP contribution in [0.3, 0.4) is 0 Å². The van der Waals surface area contributed by atoms with Gasteiger partial charge in [-0.3, -0.25) is 0 Å². The van der Waals surface area contributed by atoms with Gasteiger partial charge in [-0.1, -0.05) is 30.7 Å². The molecule has 0 radical (unpaired) electrons. The molecule has 0 unspecified atom stereocenters. The van der Waals surface area contributed by atoms with Gasteiger partial charge in [0.2, 0.25) is 10.0 Å². The van der Waals surface area contributed by atoms with Gasteiger partial charge >= 0.3 is 0 Å². The van der Waals surface area contributed by atoms with Crippen LogP contribution in [0.4, 0.5) is 0 Å². The smallest absolute Gasteiger partial charge is 0.207 e. The highest BCUT2D eigenvalue weighted by Gasteiger charge is 2.23. The van der Waals surface area contributed by atoms with Crippen molar-refractivity contribution in [2.45, 2.75) is 18.4 Å². The molecule has 0 bridgehead atoms. The van der Waals surface area contributed by atoms with Crippen LogP contribution < -0.4 is 0 Å². The Hall–Kier alpha value is -0.880. The summed E-state index contributed by atoms with van der Waals surface area (Å²) in [5, 5.41) is 2.36. The molecule has 0 N–H and O–H groups in total. The van der Waals surface area contributed by atoms with Gasteiger partial charge < -0.3 is 0 Å². The normalized spacial score (nSPS) is 11.9. The lowest BCUT2D eigenvalue weighted by atomic mass is 10.4. The van der Waals surface area contributed by atoms with Crippen LogP contribution in [0, 0.1) is 0 Å². The molecule has 0 aliphatic rings. The summed E-state index contributed by atoms with van der Waals surface area (Å²) in [4.78, 5) is 1.26. The Morgan fingerprint density at radius 1 is 1.26 bits per heavy atom. The monoisotopic (exact) mass is 315 g/mol. The fourth-order valence-electron chi connectivity index (χ4n) is 1.72. The molecule has 1 aromatic heterocycles. The third-order valence-corrected chi connectivity index (χ3v) is 5.71. The molecule has 0 saturated carbocycles. The van der Waals surface area contributed by atoms with Gasteiger partial charge in [0.15, 0.2) is 0 Å². The maximum absolute atomic E-state index is 12.5. The van der Waals surface area contributed by atoms with E-state index in [-0.39, 0.29) is 4.90 Å². The van der Waals surface area contributed by atoms with Gasteiger partial charge in [0.1, 0.15) is 0 Å². The van der Waals surface area contributed by atoms with E-state index in [1.807, 2.05) is 24.4 Å². The summed E-state index contributed by atoms with van der Waals surface area (Å²) in [5.74, 6) is 0. The van der Waals surface area contributed by atoms with E-state index in [0.717, 1.165) is 4.88 Å². The zero-order valence-electron chi connectivity index (χ0n) is 10.4. The lowest BCUT2D eigenvalue weighted by Crippen LogP contribution is -2.30. The summed E-state index contributed by atoms with van der Waals surface area (Å²) in [5.41, 5.74) is 0. The molecule has 2 rings (SSSR count). The van der Waals surface area contributed by atoms with Crippen LogP contribution >= 0.6 is 22.9 Å².